The maximum atomic E-state index is 12.0. The van der Waals surface area contributed by atoms with E-state index >= 15 is 0 Å². The molecule has 0 aromatic heterocycles. The molecule has 98 valence electrons. The van der Waals surface area contributed by atoms with Crippen LogP contribution >= 0.6 is 0 Å². The monoisotopic (exact) mass is 249 g/mol. The summed E-state index contributed by atoms with van der Waals surface area (Å²) >= 11 is 0. The molecule has 1 saturated carbocycles. The van der Waals surface area contributed by atoms with E-state index in [4.69, 9.17) is 4.74 Å². The van der Waals surface area contributed by atoms with Crippen LogP contribution in [0.15, 0.2) is 12.7 Å². The molecule has 1 fully saturated rings. The first kappa shape index (κ1) is 14.4. The highest BCUT2D eigenvalue weighted by atomic mass is 16.5. The first-order chi connectivity index (χ1) is 8.61. The molecule has 0 unspecified atom stereocenters. The molecule has 0 spiro atoms. The van der Waals surface area contributed by atoms with E-state index in [2.05, 4.69) is 12.6 Å². The lowest BCUT2D eigenvalue weighted by atomic mass is 9.74. The first-order valence-corrected chi connectivity index (χ1v) is 6.18. The summed E-state index contributed by atoms with van der Waals surface area (Å²) in [4.78, 5) is 23.2. The fourth-order valence-electron chi connectivity index (χ4n) is 3.06. The number of hydrogen-bond donors (Lipinski definition) is 0. The Morgan fingerprint density at radius 2 is 2.33 bits per heavy atom. The standard InChI is InChI=1S/C14H19NO3/c1-4-6-12-11(8-16)10(5-2)7-14(12,9-15)13(17)18-3/h5,8,10-12H,2,4,6-7H2,1,3H3/t10-,11-,12+,14-/m0/s1. The largest absolute Gasteiger partial charge is 0.468 e. The molecule has 0 aliphatic heterocycles. The third-order valence-corrected chi connectivity index (χ3v) is 3.96. The highest BCUT2D eigenvalue weighted by Gasteiger charge is 2.58. The molecule has 0 N–H and O–H groups in total. The van der Waals surface area contributed by atoms with Gasteiger partial charge in [0.2, 0.25) is 0 Å². The number of rotatable bonds is 5. The van der Waals surface area contributed by atoms with E-state index in [0.29, 0.717) is 12.8 Å². The van der Waals surface area contributed by atoms with Crippen molar-refractivity contribution >= 4 is 12.3 Å². The second-order valence-electron chi connectivity index (χ2n) is 4.79. The van der Waals surface area contributed by atoms with Gasteiger partial charge in [0.1, 0.15) is 6.29 Å². The molecule has 1 aliphatic carbocycles. The summed E-state index contributed by atoms with van der Waals surface area (Å²) in [7, 11) is 1.28. The Morgan fingerprint density at radius 1 is 1.67 bits per heavy atom. The smallest absolute Gasteiger partial charge is 0.326 e. The lowest BCUT2D eigenvalue weighted by molar-refractivity contribution is -0.151. The number of hydrogen-bond acceptors (Lipinski definition) is 4. The van der Waals surface area contributed by atoms with E-state index in [1.807, 2.05) is 6.92 Å². The van der Waals surface area contributed by atoms with Crippen molar-refractivity contribution in [1.82, 2.24) is 0 Å². The van der Waals surface area contributed by atoms with Crippen LogP contribution in [0.4, 0.5) is 0 Å². The molecular formula is C14H19NO3. The second-order valence-corrected chi connectivity index (χ2v) is 4.79. The number of aldehydes is 1. The minimum Gasteiger partial charge on any atom is -0.468 e. The van der Waals surface area contributed by atoms with Gasteiger partial charge in [-0.15, -0.1) is 6.58 Å². The number of carbonyl (C=O) groups is 2. The molecule has 0 amide bonds. The minimum absolute atomic E-state index is 0.127. The van der Waals surface area contributed by atoms with Crippen molar-refractivity contribution in [3.8, 4) is 6.07 Å². The molecule has 18 heavy (non-hydrogen) atoms. The number of esters is 1. The predicted molar refractivity (Wildman–Crippen MR) is 66.3 cm³/mol. The molecule has 0 heterocycles. The number of carbonyl (C=O) groups excluding carboxylic acids is 2. The Morgan fingerprint density at radius 3 is 2.72 bits per heavy atom. The third-order valence-electron chi connectivity index (χ3n) is 3.96. The van der Waals surface area contributed by atoms with Gasteiger partial charge < -0.3 is 9.53 Å². The van der Waals surface area contributed by atoms with Gasteiger partial charge in [-0.1, -0.05) is 19.4 Å². The fourth-order valence-corrected chi connectivity index (χ4v) is 3.06. The van der Waals surface area contributed by atoms with Gasteiger partial charge in [0.15, 0.2) is 5.41 Å². The Labute approximate surface area is 108 Å². The zero-order chi connectivity index (χ0) is 13.8. The summed E-state index contributed by atoms with van der Waals surface area (Å²) in [6, 6.07) is 2.11. The van der Waals surface area contributed by atoms with Crippen molar-refractivity contribution in [2.24, 2.45) is 23.2 Å². The van der Waals surface area contributed by atoms with Crippen LogP contribution in [0, 0.1) is 34.5 Å². The maximum Gasteiger partial charge on any atom is 0.326 e. The summed E-state index contributed by atoms with van der Waals surface area (Å²) < 4.78 is 4.78. The molecule has 0 radical (unpaired) electrons. The normalized spacial score (nSPS) is 34.6. The van der Waals surface area contributed by atoms with E-state index in [0.717, 1.165) is 12.7 Å². The fraction of sp³-hybridized carbons (Fsp3) is 0.643. The average molecular weight is 249 g/mol. The van der Waals surface area contributed by atoms with Crippen LogP contribution in [0.5, 0.6) is 0 Å². The number of nitriles is 1. The number of ether oxygens (including phenoxy) is 1. The van der Waals surface area contributed by atoms with Crippen LogP contribution in [0.2, 0.25) is 0 Å². The maximum absolute atomic E-state index is 12.0. The summed E-state index contributed by atoms with van der Waals surface area (Å²) in [6.45, 7) is 5.67. The van der Waals surface area contributed by atoms with Crippen LogP contribution in [0.1, 0.15) is 26.2 Å². The summed E-state index contributed by atoms with van der Waals surface area (Å²) in [5, 5.41) is 9.44. The topological polar surface area (TPSA) is 67.2 Å². The summed E-state index contributed by atoms with van der Waals surface area (Å²) in [6.07, 6.45) is 4.34. The molecule has 4 nitrogen and oxygen atoms in total. The Bertz CT molecular complexity index is 385. The number of methoxy groups -OCH3 is 1. The molecule has 0 saturated heterocycles. The molecule has 4 atom stereocenters. The van der Waals surface area contributed by atoms with E-state index in [1.165, 1.54) is 7.11 Å². The van der Waals surface area contributed by atoms with Gasteiger partial charge in [-0.05, 0) is 24.7 Å². The van der Waals surface area contributed by atoms with Gasteiger partial charge in [-0.25, -0.2) is 0 Å². The van der Waals surface area contributed by atoms with Crippen molar-refractivity contribution in [2.75, 3.05) is 7.11 Å². The SMILES string of the molecule is C=C[C@H]1C[C@@](C#N)(C(=O)OC)[C@H](CCC)[C@H]1C=O. The van der Waals surface area contributed by atoms with E-state index in [-0.39, 0.29) is 17.8 Å². The predicted octanol–water partition coefficient (Wildman–Crippen LogP) is 2.11. The van der Waals surface area contributed by atoms with Crippen LogP contribution in [-0.4, -0.2) is 19.4 Å². The highest BCUT2D eigenvalue weighted by Crippen LogP contribution is 2.52. The summed E-state index contributed by atoms with van der Waals surface area (Å²) in [5.41, 5.74) is -1.20. The Hall–Kier alpha value is -1.63. The lowest BCUT2D eigenvalue weighted by Crippen LogP contribution is -2.36. The van der Waals surface area contributed by atoms with Gasteiger partial charge >= 0.3 is 5.97 Å². The van der Waals surface area contributed by atoms with Gasteiger partial charge in [-0.2, -0.15) is 5.26 Å². The van der Waals surface area contributed by atoms with Gasteiger partial charge in [-0.3, -0.25) is 4.79 Å². The van der Waals surface area contributed by atoms with Crippen LogP contribution in [0.25, 0.3) is 0 Å². The zero-order valence-corrected chi connectivity index (χ0v) is 10.9. The highest BCUT2D eigenvalue weighted by molar-refractivity contribution is 5.82. The van der Waals surface area contributed by atoms with Crippen LogP contribution in [0.3, 0.4) is 0 Å². The molecule has 1 rings (SSSR count). The molecule has 1 aliphatic rings. The van der Waals surface area contributed by atoms with Gasteiger partial charge in [0.05, 0.1) is 13.2 Å². The van der Waals surface area contributed by atoms with E-state index in [1.54, 1.807) is 6.08 Å². The van der Waals surface area contributed by atoms with Crippen LogP contribution in [-0.2, 0) is 14.3 Å². The summed E-state index contributed by atoms with van der Waals surface area (Å²) in [5.74, 6) is -1.25. The molecule has 0 bridgehead atoms. The van der Waals surface area contributed by atoms with Crippen LogP contribution < -0.4 is 0 Å². The van der Waals surface area contributed by atoms with E-state index < -0.39 is 11.4 Å². The van der Waals surface area contributed by atoms with Gasteiger partial charge in [0.25, 0.3) is 0 Å². The van der Waals surface area contributed by atoms with Crippen molar-refractivity contribution in [2.45, 2.75) is 26.2 Å². The van der Waals surface area contributed by atoms with Crippen molar-refractivity contribution in [3.05, 3.63) is 12.7 Å². The molecular weight excluding hydrogens is 230 g/mol. The lowest BCUT2D eigenvalue weighted by Gasteiger charge is -2.27. The van der Waals surface area contributed by atoms with Crippen molar-refractivity contribution < 1.29 is 14.3 Å². The average Bonchev–Trinajstić information content (AvgIpc) is 2.72. The quantitative estimate of drug-likeness (QED) is 0.425. The first-order valence-electron chi connectivity index (χ1n) is 6.18. The van der Waals surface area contributed by atoms with Crippen molar-refractivity contribution in [1.29, 1.82) is 5.26 Å². The number of allylic oxidation sites excluding steroid dienone is 1. The zero-order valence-electron chi connectivity index (χ0n) is 10.9. The van der Waals surface area contributed by atoms with Gasteiger partial charge in [0, 0.05) is 5.92 Å². The molecule has 0 aromatic rings. The minimum atomic E-state index is -1.20. The Kier molecular flexibility index (Phi) is 4.66. The Balaban J connectivity index is 3.23. The second kappa shape index (κ2) is 5.81. The van der Waals surface area contributed by atoms with Crippen molar-refractivity contribution in [3.63, 3.8) is 0 Å². The molecule has 0 aromatic carbocycles. The third kappa shape index (κ3) is 2.05. The van der Waals surface area contributed by atoms with E-state index in [9.17, 15) is 14.9 Å². The number of nitrogens with zero attached hydrogens (tertiary/aromatic N) is 1. The molecule has 4 heteroatoms.